The molecule has 3 nitrogen and oxygen atoms in total. The van der Waals surface area contributed by atoms with E-state index >= 15 is 0 Å². The van der Waals surface area contributed by atoms with Gasteiger partial charge in [-0.05, 0) is 43.9 Å². The zero-order valence-corrected chi connectivity index (χ0v) is 14.0. The van der Waals surface area contributed by atoms with Crippen LogP contribution in [0.5, 0.6) is 0 Å². The van der Waals surface area contributed by atoms with E-state index in [1.54, 1.807) is 0 Å². The predicted molar refractivity (Wildman–Crippen MR) is 86.7 cm³/mol. The summed E-state index contributed by atoms with van der Waals surface area (Å²) in [7, 11) is 0. The Labute approximate surface area is 127 Å². The molecule has 0 aliphatic carbocycles. The summed E-state index contributed by atoms with van der Waals surface area (Å²) in [5, 5.41) is 0. The number of anilines is 1. The molecule has 0 bridgehead atoms. The fourth-order valence-electron chi connectivity index (χ4n) is 3.52. The Balaban J connectivity index is 1.91. The molecule has 21 heavy (non-hydrogen) atoms. The highest BCUT2D eigenvalue weighted by Crippen LogP contribution is 2.46. The van der Waals surface area contributed by atoms with Crippen LogP contribution in [-0.2, 0) is 10.2 Å². The van der Waals surface area contributed by atoms with Gasteiger partial charge in [0, 0.05) is 24.3 Å². The van der Waals surface area contributed by atoms with Crippen molar-refractivity contribution >= 4 is 11.6 Å². The standard InChI is InChI=1S/C18H26N2O/c1-16(2,3)13-7-9-14(10-8-13)19-11-17(4,5)20-12-18(20,6)15(19)21/h7-10H,11-12H2,1-6H3/t18-,20?/m0/s1. The van der Waals surface area contributed by atoms with Crippen molar-refractivity contribution in [2.24, 2.45) is 0 Å². The molecule has 2 aliphatic rings. The summed E-state index contributed by atoms with van der Waals surface area (Å²) in [6, 6.07) is 8.49. The van der Waals surface area contributed by atoms with Gasteiger partial charge in [-0.1, -0.05) is 32.9 Å². The van der Waals surface area contributed by atoms with E-state index in [1.807, 2.05) is 4.90 Å². The Hall–Kier alpha value is -1.35. The maximum absolute atomic E-state index is 12.7. The van der Waals surface area contributed by atoms with Crippen LogP contribution in [0.1, 0.15) is 47.1 Å². The number of benzene rings is 1. The summed E-state index contributed by atoms with van der Waals surface area (Å²) in [6.07, 6.45) is 0. The van der Waals surface area contributed by atoms with Gasteiger partial charge in [0.05, 0.1) is 0 Å². The molecule has 2 saturated heterocycles. The third-order valence-electron chi connectivity index (χ3n) is 4.98. The first kappa shape index (κ1) is 14.6. The highest BCUT2D eigenvalue weighted by Gasteiger charge is 2.64. The molecule has 1 unspecified atom stereocenters. The zero-order valence-electron chi connectivity index (χ0n) is 14.0. The normalized spacial score (nSPS) is 31.0. The lowest BCUT2D eigenvalue weighted by atomic mass is 9.87. The largest absolute Gasteiger partial charge is 0.309 e. The van der Waals surface area contributed by atoms with E-state index in [2.05, 4.69) is 70.7 Å². The van der Waals surface area contributed by atoms with Crippen LogP contribution in [0.4, 0.5) is 5.69 Å². The Morgan fingerprint density at radius 3 is 2.10 bits per heavy atom. The number of nitrogens with zero attached hydrogens (tertiary/aromatic N) is 2. The number of fused-ring (bicyclic) bond motifs is 1. The van der Waals surface area contributed by atoms with E-state index < -0.39 is 0 Å². The molecule has 0 radical (unpaired) electrons. The first-order valence-electron chi connectivity index (χ1n) is 7.76. The van der Waals surface area contributed by atoms with Crippen LogP contribution < -0.4 is 4.90 Å². The van der Waals surface area contributed by atoms with E-state index in [-0.39, 0.29) is 22.4 Å². The lowest BCUT2D eigenvalue weighted by Crippen LogP contribution is -2.58. The van der Waals surface area contributed by atoms with Gasteiger partial charge in [0.1, 0.15) is 5.54 Å². The minimum absolute atomic E-state index is 0.0470. The molecule has 2 aliphatic heterocycles. The van der Waals surface area contributed by atoms with Crippen LogP contribution >= 0.6 is 0 Å². The van der Waals surface area contributed by atoms with Gasteiger partial charge in [0.2, 0.25) is 5.91 Å². The lowest BCUT2D eigenvalue weighted by Gasteiger charge is -2.41. The van der Waals surface area contributed by atoms with Crippen molar-refractivity contribution in [3.8, 4) is 0 Å². The maximum atomic E-state index is 12.7. The molecule has 1 amide bonds. The Bertz CT molecular complexity index is 582. The fraction of sp³-hybridized carbons (Fsp3) is 0.611. The molecule has 1 aromatic carbocycles. The van der Waals surface area contributed by atoms with Gasteiger partial charge in [-0.25, -0.2) is 0 Å². The van der Waals surface area contributed by atoms with E-state index in [9.17, 15) is 4.79 Å². The summed E-state index contributed by atoms with van der Waals surface area (Å²) in [5.41, 5.74) is 2.22. The van der Waals surface area contributed by atoms with Gasteiger partial charge in [-0.2, -0.15) is 0 Å². The average molecular weight is 286 g/mol. The van der Waals surface area contributed by atoms with Crippen LogP contribution in [0.15, 0.2) is 24.3 Å². The number of amides is 1. The third-order valence-corrected chi connectivity index (χ3v) is 4.98. The van der Waals surface area contributed by atoms with Crippen molar-refractivity contribution in [2.45, 2.75) is 58.0 Å². The van der Waals surface area contributed by atoms with E-state index in [0.29, 0.717) is 0 Å². The lowest BCUT2D eigenvalue weighted by molar-refractivity contribution is -0.124. The number of hydrogen-bond donors (Lipinski definition) is 0. The first-order chi connectivity index (χ1) is 9.56. The van der Waals surface area contributed by atoms with Crippen molar-refractivity contribution < 1.29 is 4.79 Å². The molecule has 3 heteroatoms. The second-order valence-corrected chi connectivity index (χ2v) is 8.36. The zero-order chi connectivity index (χ0) is 15.6. The molecule has 114 valence electrons. The number of hydrogen-bond acceptors (Lipinski definition) is 2. The number of carbonyl (C=O) groups is 1. The molecular formula is C18H26N2O. The van der Waals surface area contributed by atoms with Crippen LogP contribution in [0, 0.1) is 0 Å². The summed E-state index contributed by atoms with van der Waals surface area (Å²) in [6.45, 7) is 14.8. The van der Waals surface area contributed by atoms with Crippen LogP contribution in [0.2, 0.25) is 0 Å². The maximum Gasteiger partial charge on any atom is 0.248 e. The molecule has 0 aromatic heterocycles. The topological polar surface area (TPSA) is 23.3 Å². The molecule has 2 atom stereocenters. The summed E-state index contributed by atoms with van der Waals surface area (Å²) >= 11 is 0. The van der Waals surface area contributed by atoms with Crippen molar-refractivity contribution in [3.63, 3.8) is 0 Å². The Kier molecular flexibility index (Phi) is 2.85. The third kappa shape index (κ3) is 2.18. The van der Waals surface area contributed by atoms with Gasteiger partial charge in [-0.3, -0.25) is 9.69 Å². The molecule has 0 saturated carbocycles. The molecule has 2 fully saturated rings. The van der Waals surface area contributed by atoms with E-state index in [1.165, 1.54) is 5.56 Å². The number of carbonyl (C=O) groups excluding carboxylic acids is 1. The summed E-state index contributed by atoms with van der Waals surface area (Å²) < 4.78 is 0. The SMILES string of the molecule is CC(C)(C)c1ccc(N2CC(C)(C)N3C[C@@]3(C)C2=O)cc1. The van der Waals surface area contributed by atoms with Crippen molar-refractivity contribution in [3.05, 3.63) is 29.8 Å². The van der Waals surface area contributed by atoms with Gasteiger partial charge < -0.3 is 4.90 Å². The van der Waals surface area contributed by atoms with Gasteiger partial charge in [0.15, 0.2) is 0 Å². The summed E-state index contributed by atoms with van der Waals surface area (Å²) in [5.74, 6) is 0.241. The van der Waals surface area contributed by atoms with Gasteiger partial charge in [-0.15, -0.1) is 0 Å². The molecule has 0 spiro atoms. The Morgan fingerprint density at radius 1 is 1.00 bits per heavy atom. The molecule has 2 heterocycles. The average Bonchev–Trinajstić information content (AvgIpc) is 3.09. The first-order valence-corrected chi connectivity index (χ1v) is 7.76. The fourth-order valence-corrected chi connectivity index (χ4v) is 3.52. The van der Waals surface area contributed by atoms with E-state index in [4.69, 9.17) is 0 Å². The molecular weight excluding hydrogens is 260 g/mol. The number of rotatable bonds is 1. The van der Waals surface area contributed by atoms with Crippen LogP contribution in [-0.4, -0.2) is 35.0 Å². The predicted octanol–water partition coefficient (Wildman–Crippen LogP) is 3.18. The second kappa shape index (κ2) is 4.10. The minimum atomic E-state index is -0.287. The van der Waals surface area contributed by atoms with Gasteiger partial charge >= 0.3 is 0 Å². The quantitative estimate of drug-likeness (QED) is 0.740. The molecule has 3 rings (SSSR count). The van der Waals surface area contributed by atoms with Crippen LogP contribution in [0.3, 0.4) is 0 Å². The Morgan fingerprint density at radius 2 is 1.57 bits per heavy atom. The van der Waals surface area contributed by atoms with Crippen molar-refractivity contribution in [1.82, 2.24) is 4.90 Å². The highest BCUT2D eigenvalue weighted by atomic mass is 16.2. The van der Waals surface area contributed by atoms with Crippen LogP contribution in [0.25, 0.3) is 0 Å². The van der Waals surface area contributed by atoms with Crippen molar-refractivity contribution in [1.29, 1.82) is 0 Å². The summed E-state index contributed by atoms with van der Waals surface area (Å²) in [4.78, 5) is 17.0. The number of piperazine rings is 1. The molecule has 0 N–H and O–H groups in total. The van der Waals surface area contributed by atoms with Crippen molar-refractivity contribution in [2.75, 3.05) is 18.0 Å². The smallest absolute Gasteiger partial charge is 0.248 e. The second-order valence-electron chi connectivity index (χ2n) is 8.36. The van der Waals surface area contributed by atoms with E-state index in [0.717, 1.165) is 18.8 Å². The molecule has 1 aromatic rings. The minimum Gasteiger partial charge on any atom is -0.309 e. The van der Waals surface area contributed by atoms with Gasteiger partial charge in [0.25, 0.3) is 0 Å². The monoisotopic (exact) mass is 286 g/mol. The highest BCUT2D eigenvalue weighted by molar-refractivity contribution is 6.03.